The third-order valence-electron chi connectivity index (χ3n) is 2.17. The largest absolute Gasteiger partial charge is 0.638 e. The lowest BCUT2D eigenvalue weighted by molar-refractivity contribution is -0.163. The van der Waals surface area contributed by atoms with Crippen LogP contribution >= 0.6 is 8.18 Å². The van der Waals surface area contributed by atoms with Crippen molar-refractivity contribution in [2.75, 3.05) is 0 Å². The molecule has 0 spiro atoms. The molecule has 19 heavy (non-hydrogen) atoms. The van der Waals surface area contributed by atoms with Crippen LogP contribution in [0.5, 0.6) is 0 Å². The Morgan fingerprint density at radius 2 is 1.79 bits per heavy atom. The number of hydroxylamine groups is 2. The minimum atomic E-state index is -2.56. The second-order valence-corrected chi connectivity index (χ2v) is 5.19. The number of carbonyl (C=O) groups is 3. The van der Waals surface area contributed by atoms with Gasteiger partial charge in [0.1, 0.15) is 6.04 Å². The van der Waals surface area contributed by atoms with E-state index in [0.29, 0.717) is 5.06 Å². The van der Waals surface area contributed by atoms with E-state index in [1.54, 1.807) is 13.8 Å². The Balaban J connectivity index is 2.44. The fraction of sp³-hybridized carbons (Fsp3) is 0.700. The van der Waals surface area contributed by atoms with Gasteiger partial charge in [0.25, 0.3) is 11.8 Å². The first-order valence-electron chi connectivity index (χ1n) is 5.79. The average molecular weight is 291 g/mol. The Morgan fingerprint density at radius 1 is 1.26 bits per heavy atom. The summed E-state index contributed by atoms with van der Waals surface area (Å²) in [5.74, 6) is -1.69. The predicted molar refractivity (Wildman–Crippen MR) is 63.6 cm³/mol. The Kier molecular flexibility index (Phi) is 5.53. The van der Waals surface area contributed by atoms with Crippen molar-refractivity contribution in [3.8, 4) is 0 Å². The zero-order valence-electron chi connectivity index (χ0n) is 10.9. The second-order valence-electron chi connectivity index (χ2n) is 4.26. The first kappa shape index (κ1) is 15.7. The van der Waals surface area contributed by atoms with Gasteiger partial charge in [0.05, 0.1) is 6.10 Å². The Morgan fingerprint density at radius 3 is 2.26 bits per heavy atom. The lowest BCUT2D eigenvalue weighted by Crippen LogP contribution is -2.35. The maximum Gasteiger partial charge on any atom is 0.638 e. The molecule has 8 nitrogen and oxygen atoms in total. The summed E-state index contributed by atoms with van der Waals surface area (Å²) in [6, 6.07) is -0.876. The number of carbonyl (C=O) groups excluding carboxylic acids is 3. The first-order chi connectivity index (χ1) is 8.81. The summed E-state index contributed by atoms with van der Waals surface area (Å²) >= 11 is 0. The Bertz CT molecular complexity index is 395. The van der Waals surface area contributed by atoms with Crippen molar-refractivity contribution in [2.24, 2.45) is 0 Å². The third-order valence-corrected chi connectivity index (χ3v) is 3.08. The zero-order valence-corrected chi connectivity index (χ0v) is 11.8. The van der Waals surface area contributed by atoms with Gasteiger partial charge in [-0.25, -0.2) is 0 Å². The van der Waals surface area contributed by atoms with Gasteiger partial charge in [-0.2, -0.15) is 0 Å². The van der Waals surface area contributed by atoms with Crippen LogP contribution in [0.25, 0.3) is 0 Å². The van der Waals surface area contributed by atoms with Gasteiger partial charge < -0.3 is 4.74 Å². The SMILES string of the molecule is CC(C)OC(=O)[C@H](C)N[P+](=O)ON1C(=O)CCC1=O. The molecule has 1 rings (SSSR count). The van der Waals surface area contributed by atoms with Gasteiger partial charge in [-0.05, 0) is 25.3 Å². The quantitative estimate of drug-likeness (QED) is 0.435. The minimum absolute atomic E-state index is 0.0347. The molecule has 0 aliphatic carbocycles. The normalized spacial score (nSPS) is 17.9. The summed E-state index contributed by atoms with van der Waals surface area (Å²) in [6.07, 6.45) is -0.225. The molecule has 0 saturated carbocycles. The number of ether oxygens (including phenoxy) is 1. The molecule has 0 aromatic carbocycles. The number of rotatable bonds is 6. The van der Waals surface area contributed by atoms with Crippen molar-refractivity contribution in [1.29, 1.82) is 0 Å². The van der Waals surface area contributed by atoms with E-state index in [4.69, 9.17) is 4.74 Å². The number of nitrogens with one attached hydrogen (secondary N) is 1. The Hall–Kier alpha value is -1.37. The van der Waals surface area contributed by atoms with Gasteiger partial charge in [0, 0.05) is 17.5 Å². The highest BCUT2D eigenvalue weighted by Gasteiger charge is 2.39. The van der Waals surface area contributed by atoms with Gasteiger partial charge in [-0.1, -0.05) is 5.09 Å². The molecule has 0 bridgehead atoms. The van der Waals surface area contributed by atoms with Gasteiger partial charge in [0.15, 0.2) is 0 Å². The molecular weight excluding hydrogens is 275 g/mol. The lowest BCUT2D eigenvalue weighted by Gasteiger charge is -2.10. The molecule has 2 atom stereocenters. The van der Waals surface area contributed by atoms with Crippen molar-refractivity contribution in [2.45, 2.75) is 45.8 Å². The zero-order chi connectivity index (χ0) is 14.6. The van der Waals surface area contributed by atoms with Gasteiger partial charge in [0.2, 0.25) is 0 Å². The molecule has 0 radical (unpaired) electrons. The molecular formula is C10H16N2O6P+. The number of nitrogens with zero attached hydrogens (tertiary/aromatic N) is 1. The first-order valence-corrected chi connectivity index (χ1v) is 6.96. The smallest absolute Gasteiger partial charge is 0.462 e. The summed E-state index contributed by atoms with van der Waals surface area (Å²) in [4.78, 5) is 33.9. The van der Waals surface area contributed by atoms with Gasteiger partial charge in [-0.15, -0.1) is 5.06 Å². The third kappa shape index (κ3) is 4.66. The minimum Gasteiger partial charge on any atom is -0.462 e. The molecule has 1 N–H and O–H groups in total. The van der Waals surface area contributed by atoms with Crippen molar-refractivity contribution >= 4 is 26.0 Å². The summed E-state index contributed by atoms with van der Waals surface area (Å²) in [5, 5.41) is 2.78. The van der Waals surface area contributed by atoms with Crippen molar-refractivity contribution in [3.05, 3.63) is 0 Å². The van der Waals surface area contributed by atoms with E-state index < -0.39 is 32.0 Å². The van der Waals surface area contributed by atoms with E-state index in [-0.39, 0.29) is 18.9 Å². The number of imide groups is 1. The summed E-state index contributed by atoms with van der Waals surface area (Å²) in [6.45, 7) is 4.81. The van der Waals surface area contributed by atoms with E-state index in [1.807, 2.05) is 0 Å². The van der Waals surface area contributed by atoms with E-state index in [1.165, 1.54) is 6.92 Å². The summed E-state index contributed by atoms with van der Waals surface area (Å²) in [5.41, 5.74) is 0. The average Bonchev–Trinajstić information content (AvgIpc) is 2.59. The number of esters is 1. The maximum atomic E-state index is 11.6. The van der Waals surface area contributed by atoms with Crippen molar-refractivity contribution in [1.82, 2.24) is 10.2 Å². The highest BCUT2D eigenvalue weighted by molar-refractivity contribution is 7.36. The van der Waals surface area contributed by atoms with Gasteiger partial charge >= 0.3 is 14.1 Å². The molecule has 9 heteroatoms. The lowest BCUT2D eigenvalue weighted by atomic mass is 10.4. The van der Waals surface area contributed by atoms with Crippen LogP contribution in [0.1, 0.15) is 33.6 Å². The topological polar surface area (TPSA) is 102 Å². The van der Waals surface area contributed by atoms with Crippen molar-refractivity contribution in [3.63, 3.8) is 0 Å². The monoisotopic (exact) mass is 291 g/mol. The maximum absolute atomic E-state index is 11.6. The van der Waals surface area contributed by atoms with Crippen LogP contribution in [0, 0.1) is 0 Å². The Labute approximate surface area is 111 Å². The van der Waals surface area contributed by atoms with E-state index in [2.05, 4.69) is 9.71 Å². The second kappa shape index (κ2) is 6.70. The van der Waals surface area contributed by atoms with Crippen LogP contribution < -0.4 is 5.09 Å². The van der Waals surface area contributed by atoms with Crippen LogP contribution in [0.2, 0.25) is 0 Å². The molecule has 1 saturated heterocycles. The van der Waals surface area contributed by atoms with E-state index in [9.17, 15) is 18.9 Å². The van der Waals surface area contributed by atoms with Crippen LogP contribution in [-0.2, 0) is 28.3 Å². The fourth-order valence-electron chi connectivity index (χ4n) is 1.29. The van der Waals surface area contributed by atoms with E-state index in [0.717, 1.165) is 0 Å². The molecule has 2 amide bonds. The number of amides is 2. The van der Waals surface area contributed by atoms with Crippen LogP contribution in [0.3, 0.4) is 0 Å². The summed E-state index contributed by atoms with van der Waals surface area (Å²) < 4.78 is 21.1. The molecule has 1 fully saturated rings. The molecule has 1 aliphatic heterocycles. The predicted octanol–water partition coefficient (Wildman–Crippen LogP) is 0.654. The van der Waals surface area contributed by atoms with Gasteiger partial charge in [-0.3, -0.25) is 14.4 Å². The summed E-state index contributed by atoms with van der Waals surface area (Å²) in [7, 11) is -2.56. The van der Waals surface area contributed by atoms with Crippen LogP contribution in [0.15, 0.2) is 0 Å². The highest BCUT2D eigenvalue weighted by Crippen LogP contribution is 2.24. The fourth-order valence-corrected chi connectivity index (χ4v) is 2.09. The molecule has 1 heterocycles. The van der Waals surface area contributed by atoms with Crippen LogP contribution in [0.4, 0.5) is 0 Å². The molecule has 1 aliphatic rings. The highest BCUT2D eigenvalue weighted by atomic mass is 31.1. The number of hydrogen-bond donors (Lipinski definition) is 1. The molecule has 0 aromatic rings. The molecule has 106 valence electrons. The molecule has 0 aromatic heterocycles. The van der Waals surface area contributed by atoms with Crippen LogP contribution in [-0.4, -0.2) is 35.0 Å². The van der Waals surface area contributed by atoms with Crippen molar-refractivity contribution < 1.29 is 28.3 Å². The molecule has 1 unspecified atom stereocenters. The standard InChI is InChI=1S/C10H16N2O6P/c1-6(2)17-10(15)7(3)11-19(16)18-12-8(13)4-5-9(12)14/h6-7H,4-5H2,1-3H3,(H,11,16)/q+1/t7-/m0/s1. The van der Waals surface area contributed by atoms with E-state index >= 15 is 0 Å². The number of hydrogen-bond acceptors (Lipinski definition) is 6.